The zero-order valence-electron chi connectivity index (χ0n) is 10.7. The van der Waals surface area contributed by atoms with Crippen molar-refractivity contribution in [2.24, 2.45) is 5.92 Å². The highest BCUT2D eigenvalue weighted by atomic mass is 16.6. The molecule has 2 rings (SSSR count). The van der Waals surface area contributed by atoms with Crippen molar-refractivity contribution >= 4 is 11.8 Å². The molecule has 1 aromatic rings. The lowest BCUT2D eigenvalue weighted by Crippen LogP contribution is -2.08. The highest BCUT2D eigenvalue weighted by molar-refractivity contribution is 5.65. The molecular weight excluding hydrogens is 240 g/mol. The summed E-state index contributed by atoms with van der Waals surface area (Å²) in [5.74, 6) is 0.263. The minimum Gasteiger partial charge on any atom is -0.258 e. The molecule has 0 unspecified atom stereocenters. The van der Waals surface area contributed by atoms with Crippen LogP contribution in [0.1, 0.15) is 37.7 Å². The Morgan fingerprint density at radius 2 is 2.00 bits per heavy atom. The minimum atomic E-state index is -0.401. The van der Waals surface area contributed by atoms with E-state index < -0.39 is 4.92 Å². The van der Waals surface area contributed by atoms with Crippen molar-refractivity contribution in [2.75, 3.05) is 0 Å². The van der Waals surface area contributed by atoms with Crippen LogP contribution < -0.4 is 0 Å². The van der Waals surface area contributed by atoms with E-state index in [-0.39, 0.29) is 11.6 Å². The topological polar surface area (TPSA) is 66.9 Å². The Labute approximate surface area is 112 Å². The summed E-state index contributed by atoms with van der Waals surface area (Å²) in [6.45, 7) is 0. The number of hydrogen-bond acceptors (Lipinski definition) is 3. The van der Waals surface area contributed by atoms with Gasteiger partial charge in [0.2, 0.25) is 0 Å². The van der Waals surface area contributed by atoms with Crippen LogP contribution in [0.25, 0.3) is 6.08 Å². The molecule has 4 nitrogen and oxygen atoms in total. The maximum absolute atomic E-state index is 11.0. The molecular formula is C15H16N2O2. The molecule has 0 aliphatic heterocycles. The van der Waals surface area contributed by atoms with Crippen LogP contribution in [-0.2, 0) is 0 Å². The van der Waals surface area contributed by atoms with E-state index in [1.807, 2.05) is 0 Å². The molecule has 0 saturated heterocycles. The van der Waals surface area contributed by atoms with Gasteiger partial charge in [-0.1, -0.05) is 31.4 Å². The van der Waals surface area contributed by atoms with E-state index in [0.717, 1.165) is 25.7 Å². The van der Waals surface area contributed by atoms with Crippen LogP contribution in [0.2, 0.25) is 0 Å². The molecule has 0 amide bonds. The maximum Gasteiger partial charge on any atom is 0.276 e. The molecule has 1 aliphatic rings. The van der Waals surface area contributed by atoms with Gasteiger partial charge in [-0.2, -0.15) is 5.26 Å². The summed E-state index contributed by atoms with van der Waals surface area (Å²) >= 11 is 0. The molecule has 0 heterocycles. The molecule has 1 saturated carbocycles. The summed E-state index contributed by atoms with van der Waals surface area (Å²) < 4.78 is 0. The van der Waals surface area contributed by atoms with Gasteiger partial charge in [0.15, 0.2) is 0 Å². The number of rotatable bonds is 3. The van der Waals surface area contributed by atoms with E-state index in [1.165, 1.54) is 12.5 Å². The van der Waals surface area contributed by atoms with Crippen molar-refractivity contribution in [3.05, 3.63) is 45.5 Å². The lowest BCUT2D eigenvalue weighted by molar-refractivity contribution is -0.385. The monoisotopic (exact) mass is 256 g/mol. The summed E-state index contributed by atoms with van der Waals surface area (Å²) in [6.07, 6.45) is 7.22. The fourth-order valence-electron chi connectivity index (χ4n) is 2.60. The van der Waals surface area contributed by atoms with Crippen molar-refractivity contribution in [3.63, 3.8) is 0 Å². The van der Waals surface area contributed by atoms with Gasteiger partial charge in [0.05, 0.1) is 16.6 Å². The average Bonchev–Trinajstić information content (AvgIpc) is 2.46. The molecule has 1 fully saturated rings. The minimum absolute atomic E-state index is 0.0612. The summed E-state index contributed by atoms with van der Waals surface area (Å²) in [4.78, 5) is 10.6. The highest BCUT2D eigenvalue weighted by Gasteiger charge is 2.19. The third-order valence-corrected chi connectivity index (χ3v) is 3.62. The Bertz CT molecular complexity index is 537. The Kier molecular flexibility index (Phi) is 4.30. The number of nitrogens with zero attached hydrogens (tertiary/aromatic N) is 2. The Balaban J connectivity index is 2.32. The van der Waals surface area contributed by atoms with Gasteiger partial charge in [-0.05, 0) is 30.9 Å². The number of allylic oxidation sites excluding steroid dienone is 1. The lowest BCUT2D eigenvalue weighted by atomic mass is 9.83. The van der Waals surface area contributed by atoms with Gasteiger partial charge >= 0.3 is 0 Å². The molecule has 0 N–H and O–H groups in total. The molecule has 98 valence electrons. The van der Waals surface area contributed by atoms with Gasteiger partial charge in [0, 0.05) is 11.6 Å². The molecule has 0 aromatic heterocycles. The second-order valence-electron chi connectivity index (χ2n) is 4.86. The number of para-hydroxylation sites is 1. The van der Waals surface area contributed by atoms with Gasteiger partial charge in [-0.25, -0.2) is 0 Å². The van der Waals surface area contributed by atoms with Crippen LogP contribution in [0.3, 0.4) is 0 Å². The van der Waals surface area contributed by atoms with Gasteiger partial charge in [-0.15, -0.1) is 0 Å². The molecule has 0 atom stereocenters. The van der Waals surface area contributed by atoms with Gasteiger partial charge in [-0.3, -0.25) is 10.1 Å². The first-order valence-corrected chi connectivity index (χ1v) is 6.57. The molecule has 0 radical (unpaired) electrons. The number of nitro benzene ring substituents is 1. The van der Waals surface area contributed by atoms with Crippen LogP contribution in [0.4, 0.5) is 5.69 Å². The van der Waals surface area contributed by atoms with Crippen molar-refractivity contribution in [3.8, 4) is 6.07 Å². The molecule has 19 heavy (non-hydrogen) atoms. The first-order valence-electron chi connectivity index (χ1n) is 6.57. The fourth-order valence-corrected chi connectivity index (χ4v) is 2.60. The van der Waals surface area contributed by atoms with E-state index in [1.54, 1.807) is 24.3 Å². The van der Waals surface area contributed by atoms with Crippen LogP contribution >= 0.6 is 0 Å². The lowest BCUT2D eigenvalue weighted by Gasteiger charge is -2.20. The van der Waals surface area contributed by atoms with E-state index in [0.29, 0.717) is 11.1 Å². The molecule has 1 aromatic carbocycles. The molecule has 4 heteroatoms. The maximum atomic E-state index is 11.0. The first kappa shape index (κ1) is 13.3. The fraction of sp³-hybridized carbons (Fsp3) is 0.400. The third-order valence-electron chi connectivity index (χ3n) is 3.62. The average molecular weight is 256 g/mol. The molecule has 0 bridgehead atoms. The number of benzene rings is 1. The van der Waals surface area contributed by atoms with Crippen molar-refractivity contribution in [1.29, 1.82) is 5.26 Å². The predicted octanol–water partition coefficient (Wildman–Crippen LogP) is 4.08. The summed E-state index contributed by atoms with van der Waals surface area (Å²) in [5.41, 5.74) is 1.26. The summed E-state index contributed by atoms with van der Waals surface area (Å²) in [5, 5.41) is 20.2. The van der Waals surface area contributed by atoms with E-state index >= 15 is 0 Å². The highest BCUT2D eigenvalue weighted by Crippen LogP contribution is 2.31. The SMILES string of the molecule is N#C/C(=C/c1ccccc1[N+](=O)[O-])C1CCCCC1. The standard InChI is InChI=1S/C15H16N2O2/c16-11-14(12-6-2-1-3-7-12)10-13-8-4-5-9-15(13)17(18)19/h4-5,8-10,12H,1-3,6-7H2/b14-10-. The second-order valence-corrected chi connectivity index (χ2v) is 4.86. The van der Waals surface area contributed by atoms with Gasteiger partial charge in [0.25, 0.3) is 5.69 Å². The zero-order chi connectivity index (χ0) is 13.7. The van der Waals surface area contributed by atoms with Crippen LogP contribution in [-0.4, -0.2) is 4.92 Å². The second kappa shape index (κ2) is 6.14. The van der Waals surface area contributed by atoms with E-state index in [9.17, 15) is 15.4 Å². The quantitative estimate of drug-likeness (QED) is 0.465. The van der Waals surface area contributed by atoms with Crippen molar-refractivity contribution in [2.45, 2.75) is 32.1 Å². The van der Waals surface area contributed by atoms with Gasteiger partial charge in [0.1, 0.15) is 0 Å². The van der Waals surface area contributed by atoms with Crippen LogP contribution in [0.5, 0.6) is 0 Å². The Morgan fingerprint density at radius 1 is 1.32 bits per heavy atom. The number of nitriles is 1. The molecule has 0 spiro atoms. The summed E-state index contributed by atoms with van der Waals surface area (Å²) in [6, 6.07) is 8.79. The van der Waals surface area contributed by atoms with Crippen LogP contribution in [0.15, 0.2) is 29.8 Å². The third kappa shape index (κ3) is 3.19. The Hall–Kier alpha value is -2.15. The predicted molar refractivity (Wildman–Crippen MR) is 73.3 cm³/mol. The normalized spacial score (nSPS) is 16.9. The molecule has 1 aliphatic carbocycles. The first-order chi connectivity index (χ1) is 9.22. The van der Waals surface area contributed by atoms with Crippen molar-refractivity contribution in [1.82, 2.24) is 0 Å². The van der Waals surface area contributed by atoms with Crippen LogP contribution in [0, 0.1) is 27.4 Å². The summed E-state index contributed by atoms with van der Waals surface area (Å²) in [7, 11) is 0. The number of hydrogen-bond donors (Lipinski definition) is 0. The van der Waals surface area contributed by atoms with E-state index in [2.05, 4.69) is 6.07 Å². The largest absolute Gasteiger partial charge is 0.276 e. The zero-order valence-corrected chi connectivity index (χ0v) is 10.7. The Morgan fingerprint density at radius 3 is 2.63 bits per heavy atom. The van der Waals surface area contributed by atoms with Crippen molar-refractivity contribution < 1.29 is 4.92 Å². The van der Waals surface area contributed by atoms with Gasteiger partial charge < -0.3 is 0 Å². The van der Waals surface area contributed by atoms with E-state index in [4.69, 9.17) is 0 Å². The smallest absolute Gasteiger partial charge is 0.258 e. The number of nitro groups is 1.